The summed E-state index contributed by atoms with van der Waals surface area (Å²) in [7, 11) is 0. The van der Waals surface area contributed by atoms with Gasteiger partial charge in [-0.1, -0.05) is 6.07 Å². The first-order valence-electron chi connectivity index (χ1n) is 7.03. The number of aromatic hydroxyl groups is 1. The number of hydrogen-bond donors (Lipinski definition) is 3. The zero-order valence-electron chi connectivity index (χ0n) is 12.2. The van der Waals surface area contributed by atoms with Crippen LogP contribution in [0.2, 0.25) is 0 Å². The highest BCUT2D eigenvalue weighted by Crippen LogP contribution is 2.31. The molecule has 0 saturated heterocycles. The normalized spacial score (nSPS) is 14.0. The van der Waals surface area contributed by atoms with Crippen LogP contribution in [0.15, 0.2) is 18.2 Å². The van der Waals surface area contributed by atoms with Crippen LogP contribution in [-0.2, 0) is 0 Å². The Kier molecular flexibility index (Phi) is 4.35. The van der Waals surface area contributed by atoms with Gasteiger partial charge in [0.1, 0.15) is 5.56 Å². The molecule has 2 amide bonds. The molecule has 1 aromatic carbocycles. The number of amides is 2. The van der Waals surface area contributed by atoms with Crippen molar-refractivity contribution in [1.29, 1.82) is 0 Å². The number of benzene rings is 1. The van der Waals surface area contributed by atoms with Gasteiger partial charge in [-0.2, -0.15) is 0 Å². The van der Waals surface area contributed by atoms with Gasteiger partial charge in [-0.25, -0.2) is 9.59 Å². The highest BCUT2D eigenvalue weighted by atomic mass is 16.4. The number of phenols is 1. The number of carboxylic acid groups (broad SMARTS) is 1. The largest absolute Gasteiger partial charge is 0.505 e. The zero-order valence-corrected chi connectivity index (χ0v) is 12.2. The fourth-order valence-electron chi connectivity index (χ4n) is 2.11. The molecule has 3 N–H and O–H groups in total. The summed E-state index contributed by atoms with van der Waals surface area (Å²) < 4.78 is 0. The van der Waals surface area contributed by atoms with E-state index in [9.17, 15) is 14.7 Å². The number of nitrogens with zero attached hydrogens (tertiary/aromatic N) is 1. The summed E-state index contributed by atoms with van der Waals surface area (Å²) >= 11 is 0. The van der Waals surface area contributed by atoms with Crippen LogP contribution in [-0.4, -0.2) is 39.7 Å². The monoisotopic (exact) mass is 292 g/mol. The topological polar surface area (TPSA) is 89.9 Å². The maximum Gasteiger partial charge on any atom is 0.339 e. The highest BCUT2D eigenvalue weighted by molar-refractivity contribution is 5.97. The molecule has 0 heterocycles. The Labute approximate surface area is 123 Å². The summed E-state index contributed by atoms with van der Waals surface area (Å²) in [4.78, 5) is 25.0. The van der Waals surface area contributed by atoms with Crippen molar-refractivity contribution in [3.63, 3.8) is 0 Å². The molecule has 0 bridgehead atoms. The lowest BCUT2D eigenvalue weighted by Crippen LogP contribution is -2.41. The summed E-state index contributed by atoms with van der Waals surface area (Å²) in [5.41, 5.74) is -0.118. The van der Waals surface area contributed by atoms with Crippen LogP contribution in [0, 0.1) is 5.92 Å². The molecular weight excluding hydrogens is 272 g/mol. The molecule has 6 heteroatoms. The van der Waals surface area contributed by atoms with Crippen LogP contribution in [0.4, 0.5) is 10.5 Å². The lowest BCUT2D eigenvalue weighted by Gasteiger charge is -2.27. The zero-order chi connectivity index (χ0) is 15.6. The van der Waals surface area contributed by atoms with Crippen LogP contribution in [0.1, 0.15) is 37.0 Å². The fraction of sp³-hybridized carbons (Fsp3) is 0.467. The molecule has 21 heavy (non-hydrogen) atoms. The van der Waals surface area contributed by atoms with E-state index in [-0.39, 0.29) is 23.3 Å². The number of hydrogen-bond acceptors (Lipinski definition) is 3. The van der Waals surface area contributed by atoms with Crippen molar-refractivity contribution in [2.75, 3.05) is 11.9 Å². The van der Waals surface area contributed by atoms with E-state index in [2.05, 4.69) is 5.32 Å². The number of aromatic carboxylic acids is 1. The SMILES string of the molecule is CC(C)N(CC1CC1)C(=O)Nc1cccc(C(=O)O)c1O. The molecule has 0 aliphatic heterocycles. The van der Waals surface area contributed by atoms with Crippen molar-refractivity contribution < 1.29 is 19.8 Å². The predicted octanol–water partition coefficient (Wildman–Crippen LogP) is 2.74. The lowest BCUT2D eigenvalue weighted by atomic mass is 10.1. The van der Waals surface area contributed by atoms with Gasteiger partial charge < -0.3 is 20.4 Å². The van der Waals surface area contributed by atoms with Crippen LogP contribution < -0.4 is 5.32 Å². The van der Waals surface area contributed by atoms with Crippen LogP contribution in [0.25, 0.3) is 0 Å². The first kappa shape index (κ1) is 15.2. The van der Waals surface area contributed by atoms with E-state index in [1.165, 1.54) is 18.2 Å². The Hall–Kier alpha value is -2.24. The Bertz CT molecular complexity index is 553. The van der Waals surface area contributed by atoms with Gasteiger partial charge in [0.25, 0.3) is 0 Å². The average molecular weight is 292 g/mol. The van der Waals surface area contributed by atoms with Crippen molar-refractivity contribution in [3.8, 4) is 5.75 Å². The van der Waals surface area contributed by atoms with Crippen LogP contribution in [0.5, 0.6) is 5.75 Å². The van der Waals surface area contributed by atoms with E-state index in [1.807, 2.05) is 13.8 Å². The van der Waals surface area contributed by atoms with E-state index < -0.39 is 11.7 Å². The molecule has 1 saturated carbocycles. The maximum atomic E-state index is 12.3. The number of nitrogens with one attached hydrogen (secondary N) is 1. The summed E-state index contributed by atoms with van der Waals surface area (Å²) in [6, 6.07) is 3.97. The molecule has 1 aliphatic carbocycles. The molecule has 6 nitrogen and oxygen atoms in total. The molecule has 2 rings (SSSR count). The quantitative estimate of drug-likeness (QED) is 0.728. The second-order valence-electron chi connectivity index (χ2n) is 5.63. The first-order valence-corrected chi connectivity index (χ1v) is 7.03. The average Bonchev–Trinajstić information content (AvgIpc) is 3.21. The van der Waals surface area contributed by atoms with Crippen molar-refractivity contribution in [3.05, 3.63) is 23.8 Å². The predicted molar refractivity (Wildman–Crippen MR) is 78.7 cm³/mol. The van der Waals surface area contributed by atoms with E-state index in [0.29, 0.717) is 12.5 Å². The molecule has 0 atom stereocenters. The van der Waals surface area contributed by atoms with Gasteiger partial charge in [0.2, 0.25) is 0 Å². The second-order valence-corrected chi connectivity index (χ2v) is 5.63. The van der Waals surface area contributed by atoms with E-state index in [1.54, 1.807) is 4.90 Å². The molecule has 0 unspecified atom stereocenters. The summed E-state index contributed by atoms with van der Waals surface area (Å²) in [5.74, 6) is -1.10. The van der Waals surface area contributed by atoms with Gasteiger partial charge in [-0.3, -0.25) is 0 Å². The third-order valence-corrected chi connectivity index (χ3v) is 3.54. The standard InChI is InChI=1S/C15H20N2O4/c1-9(2)17(8-10-6-7-10)15(21)16-12-5-3-4-11(13(12)18)14(19)20/h3-5,9-10,18H,6-8H2,1-2H3,(H,16,21)(H,19,20). The molecule has 0 radical (unpaired) electrons. The van der Waals surface area contributed by atoms with Gasteiger partial charge in [-0.05, 0) is 44.7 Å². The minimum atomic E-state index is -1.23. The number of urea groups is 1. The molecule has 1 fully saturated rings. The third kappa shape index (κ3) is 3.65. The van der Waals surface area contributed by atoms with Crippen molar-refractivity contribution in [1.82, 2.24) is 4.90 Å². The van der Waals surface area contributed by atoms with Crippen molar-refractivity contribution in [2.24, 2.45) is 5.92 Å². The highest BCUT2D eigenvalue weighted by Gasteiger charge is 2.28. The van der Waals surface area contributed by atoms with Crippen molar-refractivity contribution >= 4 is 17.7 Å². The first-order chi connectivity index (χ1) is 9.90. The molecule has 1 aliphatic rings. The summed E-state index contributed by atoms with van der Waals surface area (Å²) in [5, 5.41) is 21.5. The third-order valence-electron chi connectivity index (χ3n) is 3.54. The Morgan fingerprint density at radius 3 is 2.57 bits per heavy atom. The minimum absolute atomic E-state index is 0.0374. The Morgan fingerprint density at radius 2 is 2.05 bits per heavy atom. The molecule has 1 aromatic rings. The van der Waals surface area contributed by atoms with Crippen LogP contribution in [0.3, 0.4) is 0 Å². The smallest absolute Gasteiger partial charge is 0.339 e. The van der Waals surface area contributed by atoms with Gasteiger partial charge in [0.05, 0.1) is 5.69 Å². The summed E-state index contributed by atoms with van der Waals surface area (Å²) in [6.07, 6.45) is 2.27. The molecule has 0 aromatic heterocycles. The number of anilines is 1. The second kappa shape index (κ2) is 6.03. The number of rotatable bonds is 5. The molecule has 0 spiro atoms. The number of carbonyl (C=O) groups is 2. The molecular formula is C15H20N2O4. The van der Waals surface area contributed by atoms with E-state index in [4.69, 9.17) is 5.11 Å². The van der Waals surface area contributed by atoms with Crippen molar-refractivity contribution in [2.45, 2.75) is 32.7 Å². The number of carbonyl (C=O) groups excluding carboxylic acids is 1. The molecule has 114 valence electrons. The lowest BCUT2D eigenvalue weighted by molar-refractivity contribution is 0.0693. The van der Waals surface area contributed by atoms with E-state index in [0.717, 1.165) is 12.8 Å². The van der Waals surface area contributed by atoms with Gasteiger partial charge in [0, 0.05) is 12.6 Å². The Morgan fingerprint density at radius 1 is 1.38 bits per heavy atom. The summed E-state index contributed by atoms with van der Waals surface area (Å²) in [6.45, 7) is 4.54. The van der Waals surface area contributed by atoms with E-state index >= 15 is 0 Å². The fourth-order valence-corrected chi connectivity index (χ4v) is 2.11. The Balaban J connectivity index is 2.14. The maximum absolute atomic E-state index is 12.3. The number of para-hydroxylation sites is 1. The minimum Gasteiger partial charge on any atom is -0.505 e. The number of carboxylic acids is 1. The van der Waals surface area contributed by atoms with Gasteiger partial charge in [-0.15, -0.1) is 0 Å². The van der Waals surface area contributed by atoms with Crippen LogP contribution >= 0.6 is 0 Å². The van der Waals surface area contributed by atoms with Gasteiger partial charge >= 0.3 is 12.0 Å². The van der Waals surface area contributed by atoms with Gasteiger partial charge in [0.15, 0.2) is 5.75 Å².